The van der Waals surface area contributed by atoms with Crippen LogP contribution in [0.1, 0.15) is 27.2 Å². The second-order valence-corrected chi connectivity index (χ2v) is 7.86. The van der Waals surface area contributed by atoms with E-state index in [1.165, 1.54) is 15.3 Å². The topological polar surface area (TPSA) is 21.1 Å². The van der Waals surface area contributed by atoms with E-state index in [4.69, 9.17) is 11.6 Å². The van der Waals surface area contributed by atoms with E-state index in [9.17, 15) is 0 Å². The first-order chi connectivity index (χ1) is 10.7. The Labute approximate surface area is 142 Å². The maximum Gasteiger partial charge on any atom is 0.128 e. The molecule has 3 aromatic heterocycles. The molecule has 0 N–H and O–H groups in total. The molecule has 0 saturated carbocycles. The smallest absolute Gasteiger partial charge is 0.128 e. The molecule has 3 nitrogen and oxygen atoms in total. The monoisotopic (exact) mass is 349 g/mol. The molecule has 0 spiro atoms. The van der Waals surface area contributed by atoms with Crippen LogP contribution in [0.4, 0.5) is 0 Å². The summed E-state index contributed by atoms with van der Waals surface area (Å²) in [5, 5.41) is 5.06. The fourth-order valence-corrected chi connectivity index (χ4v) is 5.00. The molecule has 1 atom stereocenters. The van der Waals surface area contributed by atoms with Crippen LogP contribution >= 0.6 is 34.3 Å². The number of hydrogen-bond acceptors (Lipinski definition) is 4. The van der Waals surface area contributed by atoms with Crippen molar-refractivity contribution in [1.29, 1.82) is 0 Å². The van der Waals surface area contributed by atoms with Crippen LogP contribution in [0.3, 0.4) is 0 Å². The average molecular weight is 350 g/mol. The summed E-state index contributed by atoms with van der Waals surface area (Å²) in [6.45, 7) is 1.88. The van der Waals surface area contributed by atoms with Gasteiger partial charge in [0.15, 0.2) is 0 Å². The Morgan fingerprint density at radius 2 is 2.23 bits per heavy atom. The molecule has 4 rings (SSSR count). The molecule has 114 valence electrons. The van der Waals surface area contributed by atoms with Gasteiger partial charge in [0.1, 0.15) is 11.0 Å². The van der Waals surface area contributed by atoms with Gasteiger partial charge >= 0.3 is 0 Å². The number of rotatable bonds is 3. The molecule has 1 aliphatic rings. The number of fused-ring (bicyclic) bond motifs is 1. The Balaban J connectivity index is 1.71. The van der Waals surface area contributed by atoms with Crippen molar-refractivity contribution in [1.82, 2.24) is 14.5 Å². The summed E-state index contributed by atoms with van der Waals surface area (Å²) in [6, 6.07) is 6.99. The van der Waals surface area contributed by atoms with Crippen LogP contribution in [0.25, 0.3) is 0 Å². The minimum Gasteiger partial charge on any atom is -0.321 e. The summed E-state index contributed by atoms with van der Waals surface area (Å²) in [4.78, 5) is 9.90. The lowest BCUT2D eigenvalue weighted by Gasteiger charge is -2.35. The van der Waals surface area contributed by atoms with Crippen molar-refractivity contribution in [2.45, 2.75) is 19.0 Å². The van der Waals surface area contributed by atoms with Crippen molar-refractivity contribution < 1.29 is 0 Å². The van der Waals surface area contributed by atoms with Crippen LogP contribution < -0.4 is 0 Å². The van der Waals surface area contributed by atoms with Gasteiger partial charge in [0, 0.05) is 23.3 Å². The Morgan fingerprint density at radius 3 is 2.95 bits per heavy atom. The van der Waals surface area contributed by atoms with E-state index in [1.807, 2.05) is 34.3 Å². The molecule has 0 fully saturated rings. The molecule has 0 unspecified atom stereocenters. The van der Waals surface area contributed by atoms with Gasteiger partial charge in [-0.2, -0.15) is 0 Å². The van der Waals surface area contributed by atoms with Gasteiger partial charge in [-0.15, -0.1) is 22.7 Å². The van der Waals surface area contributed by atoms with Crippen molar-refractivity contribution >= 4 is 34.3 Å². The fourth-order valence-electron chi connectivity index (χ4n) is 3.07. The van der Waals surface area contributed by atoms with E-state index in [0.717, 1.165) is 25.3 Å². The predicted molar refractivity (Wildman–Crippen MR) is 92.8 cm³/mol. The molecule has 0 amide bonds. The molecule has 0 aromatic carbocycles. The minimum absolute atomic E-state index is 0.338. The molecular formula is C16H16ClN3S2. The van der Waals surface area contributed by atoms with Crippen molar-refractivity contribution in [2.24, 2.45) is 7.05 Å². The predicted octanol–water partition coefficient (Wildman–Crippen LogP) is 4.34. The molecule has 0 aliphatic carbocycles. The van der Waals surface area contributed by atoms with Gasteiger partial charge in [-0.05, 0) is 34.9 Å². The Hall–Kier alpha value is -1.14. The van der Waals surface area contributed by atoms with Crippen LogP contribution in [-0.4, -0.2) is 21.0 Å². The highest BCUT2D eigenvalue weighted by Crippen LogP contribution is 2.40. The molecule has 4 heterocycles. The lowest BCUT2D eigenvalue weighted by Crippen LogP contribution is -2.35. The van der Waals surface area contributed by atoms with Crippen molar-refractivity contribution in [2.75, 3.05) is 6.54 Å². The van der Waals surface area contributed by atoms with Gasteiger partial charge in [-0.25, -0.2) is 4.98 Å². The van der Waals surface area contributed by atoms with Gasteiger partial charge in [0.25, 0.3) is 0 Å². The Bertz CT molecular complexity index is 775. The second kappa shape index (κ2) is 5.81. The lowest BCUT2D eigenvalue weighted by molar-refractivity contribution is 0.202. The maximum absolute atomic E-state index is 6.13. The van der Waals surface area contributed by atoms with Crippen LogP contribution in [0.5, 0.6) is 0 Å². The molecule has 6 heteroatoms. The zero-order chi connectivity index (χ0) is 15.1. The highest BCUT2D eigenvalue weighted by atomic mass is 35.5. The summed E-state index contributed by atoms with van der Waals surface area (Å²) in [6.07, 6.45) is 2.85. The van der Waals surface area contributed by atoms with Crippen molar-refractivity contribution in [3.05, 3.63) is 61.5 Å². The fraction of sp³-hybridized carbons (Fsp3) is 0.312. The van der Waals surface area contributed by atoms with E-state index >= 15 is 0 Å². The van der Waals surface area contributed by atoms with E-state index in [0.29, 0.717) is 11.2 Å². The summed E-state index contributed by atoms with van der Waals surface area (Å²) in [7, 11) is 1.98. The van der Waals surface area contributed by atoms with Crippen molar-refractivity contribution in [3.63, 3.8) is 0 Å². The minimum atomic E-state index is 0.338. The SMILES string of the molecule is Cn1c(Cl)cnc1CN1CCc2sccc2[C@@H]1c1cccs1. The molecule has 1 aliphatic heterocycles. The first-order valence-electron chi connectivity index (χ1n) is 7.24. The third-order valence-corrected chi connectivity index (χ3v) is 6.52. The average Bonchev–Trinajstić information content (AvgIpc) is 3.25. The van der Waals surface area contributed by atoms with Gasteiger partial charge < -0.3 is 4.57 Å². The van der Waals surface area contributed by atoms with Gasteiger partial charge in [0.05, 0.1) is 18.8 Å². The Morgan fingerprint density at radius 1 is 1.32 bits per heavy atom. The van der Waals surface area contributed by atoms with Crippen LogP contribution in [-0.2, 0) is 20.0 Å². The van der Waals surface area contributed by atoms with Gasteiger partial charge in [-0.3, -0.25) is 4.90 Å². The van der Waals surface area contributed by atoms with E-state index in [-0.39, 0.29) is 0 Å². The zero-order valence-electron chi connectivity index (χ0n) is 12.2. The molecule has 0 radical (unpaired) electrons. The lowest BCUT2D eigenvalue weighted by atomic mass is 9.98. The van der Waals surface area contributed by atoms with Crippen molar-refractivity contribution in [3.8, 4) is 0 Å². The first-order valence-corrected chi connectivity index (χ1v) is 9.37. The molecular weight excluding hydrogens is 334 g/mol. The van der Waals surface area contributed by atoms with E-state index in [1.54, 1.807) is 6.20 Å². The standard InChI is InChI=1S/C16H16ClN3S2/c1-19-14(17)9-18-15(19)10-20-6-4-12-11(5-8-22-12)16(20)13-3-2-7-21-13/h2-3,5,7-9,16H,4,6,10H2,1H3/t16-/m1/s1. The quantitative estimate of drug-likeness (QED) is 0.701. The molecule has 0 bridgehead atoms. The molecule has 3 aromatic rings. The third kappa shape index (κ3) is 2.42. The number of imidazole rings is 1. The van der Waals surface area contributed by atoms with Crippen LogP contribution in [0.2, 0.25) is 5.15 Å². The summed E-state index contributed by atoms with van der Waals surface area (Å²) >= 11 is 9.84. The molecule has 0 saturated heterocycles. The number of thiophene rings is 2. The van der Waals surface area contributed by atoms with E-state index in [2.05, 4.69) is 38.8 Å². The number of nitrogens with zero attached hydrogens (tertiary/aromatic N) is 3. The number of halogens is 1. The highest BCUT2D eigenvalue weighted by molar-refractivity contribution is 7.10. The Kier molecular flexibility index (Phi) is 3.82. The summed E-state index contributed by atoms with van der Waals surface area (Å²) < 4.78 is 1.97. The van der Waals surface area contributed by atoms with Gasteiger partial charge in [-0.1, -0.05) is 17.7 Å². The summed E-state index contributed by atoms with van der Waals surface area (Å²) in [5.74, 6) is 1.02. The maximum atomic E-state index is 6.13. The van der Waals surface area contributed by atoms with Gasteiger partial charge in [0.2, 0.25) is 0 Å². The van der Waals surface area contributed by atoms with Crippen LogP contribution in [0.15, 0.2) is 35.2 Å². The first kappa shape index (κ1) is 14.5. The zero-order valence-corrected chi connectivity index (χ0v) is 14.6. The molecule has 22 heavy (non-hydrogen) atoms. The third-order valence-electron chi connectivity index (χ3n) is 4.25. The van der Waals surface area contributed by atoms with E-state index < -0.39 is 0 Å². The number of aromatic nitrogens is 2. The number of hydrogen-bond donors (Lipinski definition) is 0. The van der Waals surface area contributed by atoms with Crippen LogP contribution in [0, 0.1) is 0 Å². The largest absolute Gasteiger partial charge is 0.321 e. The normalized spacial score (nSPS) is 18.5. The summed E-state index contributed by atoms with van der Waals surface area (Å²) in [5.41, 5.74) is 1.46. The second-order valence-electron chi connectivity index (χ2n) is 5.49. The highest BCUT2D eigenvalue weighted by Gasteiger charge is 2.31.